The van der Waals surface area contributed by atoms with Gasteiger partial charge in [0.2, 0.25) is 0 Å². The molecule has 1 amide bonds. The Hall–Kier alpha value is -5.23. The SMILES string of the molecule is COc1cc(NC(=O)c2cccc(-n3cc(N(C)c4nnnn4-c4ccccc4)cn3)c2)ccc1N1CCOCC1. The number of ether oxygens (including phenoxy) is 2. The zero-order chi connectivity index (χ0) is 28.2. The number of methoxy groups -OCH3 is 1. The number of nitrogens with one attached hydrogen (secondary N) is 1. The van der Waals surface area contributed by atoms with E-state index in [9.17, 15) is 4.79 Å². The molecule has 1 aliphatic rings. The van der Waals surface area contributed by atoms with Crippen molar-refractivity contribution in [1.82, 2.24) is 30.0 Å². The summed E-state index contributed by atoms with van der Waals surface area (Å²) in [7, 11) is 3.50. The smallest absolute Gasteiger partial charge is 0.255 e. The van der Waals surface area contributed by atoms with E-state index in [0.29, 0.717) is 36.2 Å². The Balaban J connectivity index is 1.18. The lowest BCUT2D eigenvalue weighted by atomic mass is 10.1. The summed E-state index contributed by atoms with van der Waals surface area (Å²) in [5, 5.41) is 19.7. The van der Waals surface area contributed by atoms with Crippen LogP contribution in [0, 0.1) is 0 Å². The van der Waals surface area contributed by atoms with Crippen LogP contribution in [0.15, 0.2) is 85.2 Å². The summed E-state index contributed by atoms with van der Waals surface area (Å²) in [5.74, 6) is 1.00. The molecule has 0 unspecified atom stereocenters. The molecule has 0 atom stereocenters. The summed E-state index contributed by atoms with van der Waals surface area (Å²) >= 11 is 0. The zero-order valence-corrected chi connectivity index (χ0v) is 22.7. The van der Waals surface area contributed by atoms with Crippen LogP contribution in [0.4, 0.5) is 23.0 Å². The first kappa shape index (κ1) is 26.0. The summed E-state index contributed by atoms with van der Waals surface area (Å²) < 4.78 is 14.4. The van der Waals surface area contributed by atoms with Gasteiger partial charge in [-0.15, -0.1) is 0 Å². The molecule has 0 spiro atoms. The van der Waals surface area contributed by atoms with Crippen molar-refractivity contribution in [2.24, 2.45) is 0 Å². The van der Waals surface area contributed by atoms with Crippen LogP contribution in [0.5, 0.6) is 5.75 Å². The summed E-state index contributed by atoms with van der Waals surface area (Å²) in [6.45, 7) is 2.95. The van der Waals surface area contributed by atoms with Gasteiger partial charge in [-0.1, -0.05) is 29.4 Å². The van der Waals surface area contributed by atoms with Gasteiger partial charge in [-0.3, -0.25) is 4.79 Å². The number of anilines is 4. The van der Waals surface area contributed by atoms with Crippen LogP contribution in [0.1, 0.15) is 10.4 Å². The van der Waals surface area contributed by atoms with Gasteiger partial charge in [0.05, 0.1) is 55.5 Å². The van der Waals surface area contributed by atoms with E-state index in [0.717, 1.165) is 35.8 Å². The number of hydrogen-bond acceptors (Lipinski definition) is 9. The van der Waals surface area contributed by atoms with Crippen molar-refractivity contribution in [1.29, 1.82) is 0 Å². The van der Waals surface area contributed by atoms with Gasteiger partial charge >= 0.3 is 0 Å². The van der Waals surface area contributed by atoms with E-state index in [-0.39, 0.29) is 5.91 Å². The molecule has 41 heavy (non-hydrogen) atoms. The number of carbonyl (C=O) groups is 1. The number of hydrogen-bond donors (Lipinski definition) is 1. The normalized spacial score (nSPS) is 13.2. The Morgan fingerprint density at radius 2 is 1.80 bits per heavy atom. The fourth-order valence-electron chi connectivity index (χ4n) is 4.68. The first-order chi connectivity index (χ1) is 20.1. The highest BCUT2D eigenvalue weighted by molar-refractivity contribution is 6.04. The third-order valence-electron chi connectivity index (χ3n) is 6.87. The van der Waals surface area contributed by atoms with E-state index in [1.807, 2.05) is 78.8 Å². The molecule has 6 rings (SSSR count). The maximum Gasteiger partial charge on any atom is 0.255 e. The minimum Gasteiger partial charge on any atom is -0.495 e. The number of morpholine rings is 1. The van der Waals surface area contributed by atoms with Crippen LogP contribution < -0.4 is 19.9 Å². The number of rotatable bonds is 8. The topological polar surface area (TPSA) is 115 Å². The highest BCUT2D eigenvalue weighted by atomic mass is 16.5. The number of carbonyl (C=O) groups excluding carboxylic acids is 1. The molecule has 0 radical (unpaired) electrons. The van der Waals surface area contributed by atoms with Crippen LogP contribution >= 0.6 is 0 Å². The largest absolute Gasteiger partial charge is 0.495 e. The Bertz CT molecular complexity index is 1640. The van der Waals surface area contributed by atoms with Crippen molar-refractivity contribution in [2.45, 2.75) is 0 Å². The van der Waals surface area contributed by atoms with Crippen molar-refractivity contribution >= 4 is 28.9 Å². The van der Waals surface area contributed by atoms with Gasteiger partial charge in [0, 0.05) is 37.5 Å². The predicted molar refractivity (Wildman–Crippen MR) is 155 cm³/mol. The number of amides is 1. The van der Waals surface area contributed by atoms with Gasteiger partial charge in [0.1, 0.15) is 5.75 Å². The summed E-state index contributed by atoms with van der Waals surface area (Å²) in [6, 6.07) is 22.6. The Morgan fingerprint density at radius 1 is 1.00 bits per heavy atom. The van der Waals surface area contributed by atoms with Gasteiger partial charge in [-0.25, -0.2) is 4.68 Å². The molecular formula is C29H29N9O3. The molecule has 208 valence electrons. The van der Waals surface area contributed by atoms with Crippen LogP contribution in [-0.2, 0) is 4.74 Å². The molecule has 0 aliphatic carbocycles. The number of aromatic nitrogens is 6. The number of para-hydroxylation sites is 1. The maximum atomic E-state index is 13.2. The highest BCUT2D eigenvalue weighted by Crippen LogP contribution is 2.32. The Morgan fingerprint density at radius 3 is 2.61 bits per heavy atom. The number of tetrazole rings is 1. The van der Waals surface area contributed by atoms with Gasteiger partial charge in [0.25, 0.3) is 11.9 Å². The van der Waals surface area contributed by atoms with Gasteiger partial charge in [-0.05, 0) is 52.9 Å². The van der Waals surface area contributed by atoms with Crippen LogP contribution in [0.3, 0.4) is 0 Å². The average Bonchev–Trinajstić information content (AvgIpc) is 3.73. The molecule has 3 heterocycles. The Kier molecular flexibility index (Phi) is 7.28. The van der Waals surface area contributed by atoms with E-state index >= 15 is 0 Å². The van der Waals surface area contributed by atoms with Gasteiger partial charge < -0.3 is 24.6 Å². The first-order valence-corrected chi connectivity index (χ1v) is 13.2. The standard InChI is InChI=1S/C29H29N9O3/c1-35(29-32-33-34-38(29)23-8-4-3-5-9-23)25-19-30-37(20-25)24-10-6-7-21(17-24)28(39)31-22-11-12-26(27(18-22)40-2)36-13-15-41-16-14-36/h3-12,17-20H,13-16H2,1-2H3,(H,31,39). The third-order valence-corrected chi connectivity index (χ3v) is 6.87. The quantitative estimate of drug-likeness (QED) is 0.308. The average molecular weight is 552 g/mol. The molecule has 12 heteroatoms. The zero-order valence-electron chi connectivity index (χ0n) is 22.7. The molecule has 5 aromatic rings. The fourth-order valence-corrected chi connectivity index (χ4v) is 4.68. The van der Waals surface area contributed by atoms with Crippen molar-refractivity contribution < 1.29 is 14.3 Å². The molecule has 1 fully saturated rings. The molecular weight excluding hydrogens is 522 g/mol. The molecule has 1 saturated heterocycles. The molecule has 1 aliphatic heterocycles. The molecule has 1 N–H and O–H groups in total. The molecule has 3 aromatic carbocycles. The lowest BCUT2D eigenvalue weighted by molar-refractivity contribution is 0.102. The van der Waals surface area contributed by atoms with E-state index in [1.165, 1.54) is 0 Å². The molecule has 0 bridgehead atoms. The van der Waals surface area contributed by atoms with Crippen molar-refractivity contribution in [3.63, 3.8) is 0 Å². The van der Waals surface area contributed by atoms with E-state index in [1.54, 1.807) is 34.8 Å². The third kappa shape index (κ3) is 5.45. The van der Waals surface area contributed by atoms with Crippen LogP contribution in [0.2, 0.25) is 0 Å². The molecule has 2 aromatic heterocycles. The fraction of sp³-hybridized carbons (Fsp3) is 0.207. The first-order valence-electron chi connectivity index (χ1n) is 13.2. The lowest BCUT2D eigenvalue weighted by Crippen LogP contribution is -2.36. The highest BCUT2D eigenvalue weighted by Gasteiger charge is 2.18. The van der Waals surface area contributed by atoms with Crippen molar-refractivity contribution in [3.8, 4) is 17.1 Å². The van der Waals surface area contributed by atoms with E-state index in [4.69, 9.17) is 9.47 Å². The summed E-state index contributed by atoms with van der Waals surface area (Å²) in [5.41, 5.74) is 4.48. The predicted octanol–water partition coefficient (Wildman–Crippen LogP) is 3.71. The minimum atomic E-state index is -0.237. The second kappa shape index (κ2) is 11.5. The summed E-state index contributed by atoms with van der Waals surface area (Å²) in [4.78, 5) is 17.2. The molecule has 0 saturated carbocycles. The maximum absolute atomic E-state index is 13.2. The monoisotopic (exact) mass is 551 g/mol. The van der Waals surface area contributed by atoms with E-state index in [2.05, 4.69) is 30.8 Å². The van der Waals surface area contributed by atoms with E-state index < -0.39 is 0 Å². The minimum absolute atomic E-state index is 0.237. The molecule has 12 nitrogen and oxygen atoms in total. The van der Waals surface area contributed by atoms with Crippen LogP contribution in [-0.4, -0.2) is 76.4 Å². The van der Waals surface area contributed by atoms with Gasteiger partial charge in [-0.2, -0.15) is 9.78 Å². The lowest BCUT2D eigenvalue weighted by Gasteiger charge is -2.30. The number of nitrogens with zero attached hydrogens (tertiary/aromatic N) is 8. The number of benzene rings is 3. The van der Waals surface area contributed by atoms with Crippen LogP contribution in [0.25, 0.3) is 11.4 Å². The summed E-state index contributed by atoms with van der Waals surface area (Å²) in [6.07, 6.45) is 3.58. The second-order valence-electron chi connectivity index (χ2n) is 9.42. The van der Waals surface area contributed by atoms with Crippen molar-refractivity contribution in [3.05, 3.63) is 90.8 Å². The van der Waals surface area contributed by atoms with Gasteiger partial charge in [0.15, 0.2) is 0 Å². The Labute approximate surface area is 236 Å². The second-order valence-corrected chi connectivity index (χ2v) is 9.42. The van der Waals surface area contributed by atoms with Crippen molar-refractivity contribution in [2.75, 3.05) is 55.6 Å².